The van der Waals surface area contributed by atoms with Gasteiger partial charge >= 0.3 is 0 Å². The predicted octanol–water partition coefficient (Wildman–Crippen LogP) is 1.92. The Balaban J connectivity index is 1.54. The normalized spacial score (nSPS) is 11.0. The molecule has 0 saturated heterocycles. The number of hydrogen-bond donors (Lipinski definition) is 2. The summed E-state index contributed by atoms with van der Waals surface area (Å²) in [6.07, 6.45) is 1.72. The van der Waals surface area contributed by atoms with Gasteiger partial charge in [0.15, 0.2) is 0 Å². The fourth-order valence-electron chi connectivity index (χ4n) is 3.06. The second-order valence-electron chi connectivity index (χ2n) is 6.56. The van der Waals surface area contributed by atoms with Crippen molar-refractivity contribution in [1.82, 2.24) is 29.9 Å². The lowest BCUT2D eigenvalue weighted by atomic mass is 10.2. The zero-order chi connectivity index (χ0) is 20.4. The monoisotopic (exact) mass is 392 g/mol. The largest absolute Gasteiger partial charge is 0.493 e. The molecule has 0 unspecified atom stereocenters. The summed E-state index contributed by atoms with van der Waals surface area (Å²) in [7, 11) is 3.57. The first kappa shape index (κ1) is 18.5. The van der Waals surface area contributed by atoms with E-state index >= 15 is 0 Å². The van der Waals surface area contributed by atoms with Gasteiger partial charge in [0.2, 0.25) is 5.88 Å². The Morgan fingerprint density at radius 2 is 2.03 bits per heavy atom. The first-order valence-corrected chi connectivity index (χ1v) is 9.01. The maximum absolute atomic E-state index is 12.8. The van der Waals surface area contributed by atoms with Gasteiger partial charge in [-0.15, -0.1) is 0 Å². The smallest absolute Gasteiger partial charge is 0.270 e. The maximum atomic E-state index is 12.8. The second kappa shape index (κ2) is 7.63. The molecule has 0 fully saturated rings. The number of fused-ring (bicyclic) bond motifs is 1. The minimum atomic E-state index is -0.288. The van der Waals surface area contributed by atoms with Crippen LogP contribution < -0.4 is 10.1 Å². The Labute approximate surface area is 166 Å². The van der Waals surface area contributed by atoms with Crippen LogP contribution in [0.2, 0.25) is 0 Å². The molecule has 0 aliphatic heterocycles. The van der Waals surface area contributed by atoms with Gasteiger partial charge in [-0.2, -0.15) is 10.2 Å². The molecule has 0 aliphatic rings. The summed E-state index contributed by atoms with van der Waals surface area (Å²) in [5, 5.41) is 21.5. The number of nitrogens with one attached hydrogen (secondary N) is 1. The van der Waals surface area contributed by atoms with Crippen LogP contribution in [0, 0.1) is 0 Å². The van der Waals surface area contributed by atoms with E-state index in [2.05, 4.69) is 20.5 Å². The number of aryl methyl sites for hydroxylation is 2. The van der Waals surface area contributed by atoms with Gasteiger partial charge in [-0.3, -0.25) is 14.2 Å². The lowest BCUT2D eigenvalue weighted by molar-refractivity contribution is 0.0942. The Kier molecular flexibility index (Phi) is 4.86. The van der Waals surface area contributed by atoms with Crippen molar-refractivity contribution in [3.05, 3.63) is 65.7 Å². The highest BCUT2D eigenvalue weighted by molar-refractivity contribution is 6.05. The number of carbonyl (C=O) groups is 1. The van der Waals surface area contributed by atoms with Crippen molar-refractivity contribution < 1.29 is 14.6 Å². The summed E-state index contributed by atoms with van der Waals surface area (Å²) in [4.78, 5) is 16.8. The molecule has 0 atom stereocenters. The average Bonchev–Trinajstić information content (AvgIpc) is 3.26. The van der Waals surface area contributed by atoms with E-state index in [1.54, 1.807) is 40.8 Å². The third-order valence-corrected chi connectivity index (χ3v) is 4.55. The van der Waals surface area contributed by atoms with Crippen molar-refractivity contribution >= 4 is 16.8 Å². The Morgan fingerprint density at radius 3 is 2.79 bits per heavy atom. The van der Waals surface area contributed by atoms with Crippen LogP contribution in [0.15, 0.2) is 48.7 Å². The van der Waals surface area contributed by atoms with Crippen molar-refractivity contribution in [2.45, 2.75) is 13.2 Å². The summed E-state index contributed by atoms with van der Waals surface area (Å²) in [6, 6.07) is 12.2. The van der Waals surface area contributed by atoms with Crippen molar-refractivity contribution in [1.29, 1.82) is 0 Å². The molecule has 1 amide bonds. The number of pyridine rings is 1. The number of benzene rings is 1. The molecule has 1 aromatic carbocycles. The van der Waals surface area contributed by atoms with Gasteiger partial charge in [-0.05, 0) is 30.3 Å². The third-order valence-electron chi connectivity index (χ3n) is 4.55. The van der Waals surface area contributed by atoms with Gasteiger partial charge in [0.25, 0.3) is 5.91 Å². The molecule has 148 valence electrons. The summed E-state index contributed by atoms with van der Waals surface area (Å²) in [5.41, 5.74) is 2.62. The molecule has 0 bridgehead atoms. The van der Waals surface area contributed by atoms with Crippen LogP contribution >= 0.6 is 0 Å². The number of rotatable bonds is 6. The molecule has 3 aromatic heterocycles. The third kappa shape index (κ3) is 3.88. The number of aromatic hydroxyl groups is 1. The van der Waals surface area contributed by atoms with Crippen molar-refractivity contribution in [2.75, 3.05) is 0 Å². The molecule has 2 N–H and O–H groups in total. The summed E-state index contributed by atoms with van der Waals surface area (Å²) >= 11 is 0. The summed E-state index contributed by atoms with van der Waals surface area (Å²) in [6.45, 7) is 0.559. The topological polar surface area (TPSA) is 107 Å². The van der Waals surface area contributed by atoms with Gasteiger partial charge < -0.3 is 15.2 Å². The molecule has 0 radical (unpaired) electrons. The van der Waals surface area contributed by atoms with E-state index in [4.69, 9.17) is 4.74 Å². The lowest BCUT2D eigenvalue weighted by Crippen LogP contribution is -2.25. The van der Waals surface area contributed by atoms with E-state index in [9.17, 15) is 9.90 Å². The molecular formula is C20H20N6O3. The zero-order valence-electron chi connectivity index (χ0n) is 16.0. The van der Waals surface area contributed by atoms with Crippen LogP contribution in [0.3, 0.4) is 0 Å². The second-order valence-corrected chi connectivity index (χ2v) is 6.56. The van der Waals surface area contributed by atoms with E-state index in [0.29, 0.717) is 34.6 Å². The molecule has 4 rings (SSSR count). The van der Waals surface area contributed by atoms with Crippen LogP contribution in [0.4, 0.5) is 0 Å². The Hall–Kier alpha value is -3.88. The van der Waals surface area contributed by atoms with Crippen LogP contribution in [0.5, 0.6) is 11.6 Å². The SMILES string of the molecule is Cn1nccc1COc1ccc2nn(C)c(C(=O)NCc3cccc(O)n3)c2c1. The highest BCUT2D eigenvalue weighted by Gasteiger charge is 2.17. The Morgan fingerprint density at radius 1 is 1.17 bits per heavy atom. The van der Waals surface area contributed by atoms with Crippen LogP contribution in [0.25, 0.3) is 10.9 Å². The molecule has 9 nitrogen and oxygen atoms in total. The van der Waals surface area contributed by atoms with E-state index in [0.717, 1.165) is 5.69 Å². The fraction of sp³-hybridized carbons (Fsp3) is 0.200. The highest BCUT2D eigenvalue weighted by Crippen LogP contribution is 2.24. The maximum Gasteiger partial charge on any atom is 0.270 e. The number of hydrogen-bond acceptors (Lipinski definition) is 6. The molecule has 29 heavy (non-hydrogen) atoms. The first-order valence-electron chi connectivity index (χ1n) is 9.01. The molecule has 0 spiro atoms. The summed E-state index contributed by atoms with van der Waals surface area (Å²) < 4.78 is 9.15. The molecule has 3 heterocycles. The Bertz CT molecular complexity index is 1180. The van der Waals surface area contributed by atoms with Gasteiger partial charge in [-0.25, -0.2) is 4.98 Å². The number of aromatic nitrogens is 5. The average molecular weight is 392 g/mol. The van der Waals surface area contributed by atoms with E-state index < -0.39 is 0 Å². The summed E-state index contributed by atoms with van der Waals surface area (Å²) in [5.74, 6) is 0.261. The van der Waals surface area contributed by atoms with Gasteiger partial charge in [-0.1, -0.05) is 6.07 Å². The van der Waals surface area contributed by atoms with E-state index in [1.165, 1.54) is 6.07 Å². The van der Waals surface area contributed by atoms with Gasteiger partial charge in [0, 0.05) is 31.7 Å². The minimum Gasteiger partial charge on any atom is -0.493 e. The highest BCUT2D eigenvalue weighted by atomic mass is 16.5. The van der Waals surface area contributed by atoms with E-state index in [-0.39, 0.29) is 18.3 Å². The number of amides is 1. The molecule has 0 saturated carbocycles. The molecule has 0 aliphatic carbocycles. The van der Waals surface area contributed by atoms with Crippen molar-refractivity contribution in [3.63, 3.8) is 0 Å². The van der Waals surface area contributed by atoms with Crippen molar-refractivity contribution in [2.24, 2.45) is 14.1 Å². The minimum absolute atomic E-state index is 0.0852. The molecule has 4 aromatic rings. The molecule has 9 heteroatoms. The fourth-order valence-corrected chi connectivity index (χ4v) is 3.06. The van der Waals surface area contributed by atoms with Crippen molar-refractivity contribution in [3.8, 4) is 11.6 Å². The first-order chi connectivity index (χ1) is 14.0. The molecular weight excluding hydrogens is 372 g/mol. The van der Waals surface area contributed by atoms with Crippen LogP contribution in [0.1, 0.15) is 21.9 Å². The standard InChI is InChI=1S/C20H20N6O3/c1-25-14(8-9-22-25)12-29-15-6-7-17-16(10-15)19(26(2)24-17)20(28)21-11-13-4-3-5-18(27)23-13/h3-10H,11-12H2,1-2H3,(H,21,28)(H,23,27). The quantitative estimate of drug-likeness (QED) is 0.519. The lowest BCUT2D eigenvalue weighted by Gasteiger charge is -2.08. The van der Waals surface area contributed by atoms with Gasteiger partial charge in [0.05, 0.1) is 23.4 Å². The number of carbonyl (C=O) groups excluding carboxylic acids is 1. The number of nitrogens with zero attached hydrogens (tertiary/aromatic N) is 5. The van der Waals surface area contributed by atoms with Crippen LogP contribution in [-0.2, 0) is 27.2 Å². The number of ether oxygens (including phenoxy) is 1. The zero-order valence-corrected chi connectivity index (χ0v) is 16.0. The van der Waals surface area contributed by atoms with Gasteiger partial charge in [0.1, 0.15) is 18.1 Å². The van der Waals surface area contributed by atoms with Crippen LogP contribution in [-0.4, -0.2) is 35.6 Å². The van der Waals surface area contributed by atoms with E-state index in [1.807, 2.05) is 25.2 Å². The predicted molar refractivity (Wildman–Crippen MR) is 105 cm³/mol.